The lowest BCUT2D eigenvalue weighted by Gasteiger charge is -2.09. The molecular formula is C19H25N3O3S. The second-order valence-corrected chi connectivity index (χ2v) is 9.08. The highest BCUT2D eigenvalue weighted by atomic mass is 32.2. The van der Waals surface area contributed by atoms with E-state index >= 15 is 0 Å². The van der Waals surface area contributed by atoms with Gasteiger partial charge in [0.05, 0.1) is 30.6 Å². The van der Waals surface area contributed by atoms with E-state index in [2.05, 4.69) is 15.9 Å². The summed E-state index contributed by atoms with van der Waals surface area (Å²) in [6, 6.07) is 8.32. The van der Waals surface area contributed by atoms with Crippen molar-refractivity contribution in [2.24, 2.45) is 0 Å². The molecule has 1 N–H and O–H groups in total. The third kappa shape index (κ3) is 4.10. The van der Waals surface area contributed by atoms with Crippen molar-refractivity contribution in [1.29, 1.82) is 0 Å². The lowest BCUT2D eigenvalue weighted by Crippen LogP contribution is -2.27. The van der Waals surface area contributed by atoms with E-state index < -0.39 is 10.0 Å². The molecule has 1 aromatic carbocycles. The summed E-state index contributed by atoms with van der Waals surface area (Å²) in [5.74, 6) is 1.00. The zero-order valence-electron chi connectivity index (χ0n) is 14.9. The lowest BCUT2D eigenvalue weighted by atomic mass is 10.1. The van der Waals surface area contributed by atoms with Crippen LogP contribution in [0.3, 0.4) is 0 Å². The standard InChI is InChI=1S/C19H25N3O3S/c23-26(24,12-9-15-5-6-19-16(13-15)8-11-25-19)20-14-17-7-10-22(21-17)18-3-1-2-4-18/h5-7,10,13,18,20H,1-4,8-9,11-12,14H2. The van der Waals surface area contributed by atoms with Crippen LogP contribution in [0.15, 0.2) is 30.5 Å². The number of aryl methyl sites for hydroxylation is 1. The maximum Gasteiger partial charge on any atom is 0.212 e. The lowest BCUT2D eigenvalue weighted by molar-refractivity contribution is 0.357. The van der Waals surface area contributed by atoms with E-state index in [1.54, 1.807) is 0 Å². The molecule has 0 spiro atoms. The van der Waals surface area contributed by atoms with Crippen molar-refractivity contribution in [2.45, 2.75) is 51.1 Å². The van der Waals surface area contributed by atoms with Gasteiger partial charge in [-0.05, 0) is 42.5 Å². The zero-order valence-corrected chi connectivity index (χ0v) is 15.7. The SMILES string of the molecule is O=S(=O)(CCc1ccc2c(c1)CCO2)NCc1ccn(C2CCCC2)n1. The van der Waals surface area contributed by atoms with Crippen LogP contribution in [0, 0.1) is 0 Å². The quantitative estimate of drug-likeness (QED) is 0.807. The van der Waals surface area contributed by atoms with Gasteiger partial charge in [-0.25, -0.2) is 13.1 Å². The normalized spacial score (nSPS) is 17.4. The molecule has 0 bridgehead atoms. The predicted octanol–water partition coefficient (Wildman–Crippen LogP) is 2.60. The number of rotatable bonds is 7. The van der Waals surface area contributed by atoms with Crippen LogP contribution >= 0.6 is 0 Å². The molecule has 0 saturated heterocycles. The Kier molecular flexibility index (Phi) is 5.00. The van der Waals surface area contributed by atoms with Gasteiger partial charge in [0.1, 0.15) is 5.75 Å². The van der Waals surface area contributed by atoms with Crippen molar-refractivity contribution in [3.05, 3.63) is 47.3 Å². The third-order valence-electron chi connectivity index (χ3n) is 5.25. The van der Waals surface area contributed by atoms with Crippen LogP contribution in [0.1, 0.15) is 48.5 Å². The maximum atomic E-state index is 12.3. The van der Waals surface area contributed by atoms with E-state index in [0.29, 0.717) is 19.1 Å². The summed E-state index contributed by atoms with van der Waals surface area (Å²) >= 11 is 0. The molecule has 1 fully saturated rings. The van der Waals surface area contributed by atoms with E-state index in [0.717, 1.165) is 23.4 Å². The minimum atomic E-state index is -3.33. The van der Waals surface area contributed by atoms with Gasteiger partial charge in [0.25, 0.3) is 0 Å². The Hall–Kier alpha value is -1.86. The average Bonchev–Trinajstić information content (AvgIpc) is 3.39. The van der Waals surface area contributed by atoms with Crippen LogP contribution < -0.4 is 9.46 Å². The molecule has 1 aliphatic carbocycles. The van der Waals surface area contributed by atoms with Crippen molar-refractivity contribution in [3.8, 4) is 5.75 Å². The minimum absolute atomic E-state index is 0.0793. The largest absolute Gasteiger partial charge is 0.493 e. The summed E-state index contributed by atoms with van der Waals surface area (Å²) in [6.45, 7) is 0.965. The second kappa shape index (κ2) is 7.40. The van der Waals surface area contributed by atoms with Crippen LogP contribution in [0.5, 0.6) is 5.75 Å². The van der Waals surface area contributed by atoms with Crippen molar-refractivity contribution in [2.75, 3.05) is 12.4 Å². The summed E-state index contributed by atoms with van der Waals surface area (Å²) in [7, 11) is -3.33. The molecule has 26 heavy (non-hydrogen) atoms. The van der Waals surface area contributed by atoms with Gasteiger partial charge in [0, 0.05) is 12.6 Å². The molecule has 140 valence electrons. The van der Waals surface area contributed by atoms with Gasteiger partial charge in [0.15, 0.2) is 0 Å². The Morgan fingerprint density at radius 1 is 1.23 bits per heavy atom. The van der Waals surface area contributed by atoms with Gasteiger partial charge in [-0.3, -0.25) is 4.68 Å². The molecule has 6 nitrogen and oxygen atoms in total. The fourth-order valence-corrected chi connectivity index (χ4v) is 4.76. The summed E-state index contributed by atoms with van der Waals surface area (Å²) in [5, 5.41) is 4.53. The van der Waals surface area contributed by atoms with Crippen molar-refractivity contribution < 1.29 is 13.2 Å². The molecule has 2 heterocycles. The van der Waals surface area contributed by atoms with Gasteiger partial charge < -0.3 is 4.74 Å². The van der Waals surface area contributed by atoms with E-state index in [9.17, 15) is 8.42 Å². The monoisotopic (exact) mass is 375 g/mol. The maximum absolute atomic E-state index is 12.3. The summed E-state index contributed by atoms with van der Waals surface area (Å²) < 4.78 is 34.8. The first kappa shape index (κ1) is 17.5. The van der Waals surface area contributed by atoms with Crippen LogP contribution in [0.2, 0.25) is 0 Å². The molecule has 0 unspecified atom stereocenters. The Morgan fingerprint density at radius 3 is 2.92 bits per heavy atom. The highest BCUT2D eigenvalue weighted by Gasteiger charge is 2.18. The van der Waals surface area contributed by atoms with Crippen molar-refractivity contribution >= 4 is 10.0 Å². The fourth-order valence-electron chi connectivity index (χ4n) is 3.75. The number of sulfonamides is 1. The average molecular weight is 375 g/mol. The van der Waals surface area contributed by atoms with Gasteiger partial charge in [0.2, 0.25) is 10.0 Å². The van der Waals surface area contributed by atoms with Gasteiger partial charge in [-0.1, -0.05) is 25.0 Å². The molecule has 2 aliphatic rings. The zero-order chi connectivity index (χ0) is 18.0. The predicted molar refractivity (Wildman–Crippen MR) is 99.7 cm³/mol. The summed E-state index contributed by atoms with van der Waals surface area (Å²) in [4.78, 5) is 0. The third-order valence-corrected chi connectivity index (χ3v) is 6.57. The number of hydrogen-bond donors (Lipinski definition) is 1. The number of ether oxygens (including phenoxy) is 1. The summed E-state index contributed by atoms with van der Waals surface area (Å²) in [6.07, 6.45) is 8.20. The topological polar surface area (TPSA) is 73.2 Å². The number of nitrogens with zero attached hydrogens (tertiary/aromatic N) is 2. The number of aromatic nitrogens is 2. The summed E-state index contributed by atoms with van der Waals surface area (Å²) in [5.41, 5.74) is 2.98. The second-order valence-electron chi connectivity index (χ2n) is 7.16. The molecule has 1 aromatic heterocycles. The van der Waals surface area contributed by atoms with Crippen molar-refractivity contribution in [1.82, 2.24) is 14.5 Å². The van der Waals surface area contributed by atoms with Crippen molar-refractivity contribution in [3.63, 3.8) is 0 Å². The first-order chi connectivity index (χ1) is 12.6. The molecule has 0 amide bonds. The highest BCUT2D eigenvalue weighted by Crippen LogP contribution is 2.28. The Labute approximate surface area is 154 Å². The molecule has 4 rings (SSSR count). The van der Waals surface area contributed by atoms with Crippen LogP contribution in [0.4, 0.5) is 0 Å². The van der Waals surface area contributed by atoms with Gasteiger partial charge in [-0.15, -0.1) is 0 Å². The Morgan fingerprint density at radius 2 is 2.08 bits per heavy atom. The minimum Gasteiger partial charge on any atom is -0.493 e. The first-order valence-electron chi connectivity index (χ1n) is 9.35. The van der Waals surface area contributed by atoms with Gasteiger partial charge >= 0.3 is 0 Å². The van der Waals surface area contributed by atoms with E-state index in [1.807, 2.05) is 29.1 Å². The van der Waals surface area contributed by atoms with Crippen LogP contribution in [-0.4, -0.2) is 30.6 Å². The molecule has 0 radical (unpaired) electrons. The number of benzene rings is 1. The highest BCUT2D eigenvalue weighted by molar-refractivity contribution is 7.89. The number of nitrogens with one attached hydrogen (secondary N) is 1. The Balaban J connectivity index is 1.30. The smallest absolute Gasteiger partial charge is 0.212 e. The molecular weight excluding hydrogens is 350 g/mol. The molecule has 1 aliphatic heterocycles. The van der Waals surface area contributed by atoms with Gasteiger partial charge in [-0.2, -0.15) is 5.10 Å². The number of hydrogen-bond acceptors (Lipinski definition) is 4. The number of fused-ring (bicyclic) bond motifs is 1. The fraction of sp³-hybridized carbons (Fsp3) is 0.526. The van der Waals surface area contributed by atoms with E-state index in [-0.39, 0.29) is 12.3 Å². The van der Waals surface area contributed by atoms with Crippen LogP contribution in [0.25, 0.3) is 0 Å². The molecule has 7 heteroatoms. The molecule has 0 atom stereocenters. The first-order valence-corrected chi connectivity index (χ1v) is 11.0. The van der Waals surface area contributed by atoms with E-state index in [1.165, 1.54) is 31.2 Å². The van der Waals surface area contributed by atoms with Crippen LogP contribution in [-0.2, 0) is 29.4 Å². The van der Waals surface area contributed by atoms with E-state index in [4.69, 9.17) is 4.74 Å². The molecule has 1 saturated carbocycles. The molecule has 2 aromatic rings. The Bertz CT molecular complexity index is 870.